The molecule has 1 aromatic heterocycles. The summed E-state index contributed by atoms with van der Waals surface area (Å²) in [6, 6.07) is 11.4. The lowest BCUT2D eigenvalue weighted by Gasteiger charge is -2.63. The van der Waals surface area contributed by atoms with Gasteiger partial charge in [0.25, 0.3) is 0 Å². The number of aryl methyl sites for hydroxylation is 1. The molecule has 6 heterocycles. The van der Waals surface area contributed by atoms with Crippen LogP contribution in [0.5, 0.6) is 0 Å². The number of rotatable bonds is 57. The minimum absolute atomic E-state index is 0.00874. The number of halogens is 1. The van der Waals surface area contributed by atoms with Gasteiger partial charge in [0, 0.05) is 158 Å². The number of Topliss-reactive ketones (excluding diaryl/α,β-unsaturated/α-hetero) is 1. The lowest BCUT2D eigenvalue weighted by molar-refractivity contribution is -0.202. The molecule has 1 saturated carbocycles. The van der Waals surface area contributed by atoms with Crippen LogP contribution in [0.15, 0.2) is 48.6 Å². The number of unbranched alkanes of at least 4 members (excludes halogenated alkanes) is 1. The van der Waals surface area contributed by atoms with Gasteiger partial charge in [-0.2, -0.15) is 9.59 Å². The van der Waals surface area contributed by atoms with Crippen LogP contribution in [-0.4, -0.2) is 365 Å². The molecule has 1 spiro atoms. The summed E-state index contributed by atoms with van der Waals surface area (Å²) in [5, 5.41) is 101. The number of anilines is 1. The molecule has 19 atom stereocenters. The largest absolute Gasteiger partial charge is 0.481 e. The van der Waals surface area contributed by atoms with Crippen molar-refractivity contribution >= 4 is 92.0 Å². The maximum absolute atomic E-state index is 15.2. The average molecular weight is 2050 g/mol. The van der Waals surface area contributed by atoms with E-state index in [0.29, 0.717) is 103 Å². The predicted octanol–water partition coefficient (Wildman–Crippen LogP) is 5.46. The second-order valence-corrected chi connectivity index (χ2v) is 36.8. The lowest BCUT2D eigenvalue weighted by Crippen LogP contribution is -2.80. The summed E-state index contributed by atoms with van der Waals surface area (Å²) in [6.07, 6.45) is 6.96. The standard InChI is InChI=1S/C61H87N5O12.C19H35BrN2O8.C11H20O7.C7H16O4.CO2/c1-9-41(35-67)78-51(75-8)36-77-50(70)22-16-21-49(69)62-39(5)53(71)76-29-15-14-20-48(68)61(74)55-60(25-28-66-26-17-24-59(11-3,54(60)66)56(61)72)45-31-44(38(4)30-47(45)64(55)7)57(6)32-40-33-58(73,10-2)37-65(34-40)27-23-43-42-18-12-13-19-46(42)63-52(43)57;1-3-15(30-19(13-23)27-2)14-29-18(26)7-6-16(24)21-8-4-10-28-11-5-9-22-17(25)12-20;1-3-8(18-11(6-12)16-2)7-17-10(15)5-4-9(13)14;1-3-6(4-8)11-7(5-9)10-2;2-1-3/h12-13,17-19,24,30-31,39-41,51,54-56,63,67,72-74H,9-11,14-16,20-23,25-29,32-37H2,1-8H3,(H,62,69);15,19,23H,3-14H2,1-2H3,(H,21,24)(H,22,25);8,11-12H,3-7H2,1-2H3,(H,13,14);6-9H,3-5H2,1-2H3;/t39?,40?,41?,51?,54?,55?,56-,57-,58?,59-,60?,61+;;;;/m1..../s1. The molecule has 5 aliphatic heterocycles. The second kappa shape index (κ2) is 62.7. The molecule has 2 aromatic carbocycles. The van der Waals surface area contributed by atoms with Gasteiger partial charge in [-0.25, -0.2) is 4.79 Å². The number of esters is 4. The van der Waals surface area contributed by atoms with Gasteiger partial charge < -0.3 is 133 Å². The third kappa shape index (κ3) is 34.9. The number of carbonyl (C=O) groups excluding carboxylic acids is 10. The molecule has 15 unspecified atom stereocenters. The Morgan fingerprint density at radius 3 is 1.70 bits per heavy atom. The van der Waals surface area contributed by atoms with Crippen molar-refractivity contribution in [2.45, 2.75) is 299 Å². The number of H-pyrrole nitrogens is 1. The van der Waals surface area contributed by atoms with Gasteiger partial charge in [0.05, 0.1) is 100 Å². The number of nitrogens with zero attached hydrogens (tertiary/aromatic N) is 3. The van der Waals surface area contributed by atoms with Gasteiger partial charge in [0.1, 0.15) is 32.0 Å². The average Bonchev–Trinajstić information content (AvgIpc) is 1.48. The number of carboxylic acids is 1. The number of methoxy groups -OCH3 is 4. The van der Waals surface area contributed by atoms with Crippen LogP contribution < -0.4 is 20.9 Å². The molecule has 9 rings (SSSR count). The number of carbonyl (C=O) groups is 9. The number of piperidine rings is 1. The fourth-order valence-corrected chi connectivity index (χ4v) is 19.7. The maximum Gasteiger partial charge on any atom is 0.373 e. The molecule has 13 N–H and O–H groups in total. The highest BCUT2D eigenvalue weighted by molar-refractivity contribution is 9.09. The van der Waals surface area contributed by atoms with Crippen molar-refractivity contribution in [3.8, 4) is 0 Å². The van der Waals surface area contributed by atoms with E-state index in [9.17, 15) is 58.8 Å². The maximum atomic E-state index is 15.2. The molecule has 2 bridgehead atoms. The molecule has 40 nitrogen and oxygen atoms in total. The van der Waals surface area contributed by atoms with Crippen molar-refractivity contribution in [1.29, 1.82) is 0 Å². The quantitative estimate of drug-likeness (QED) is 0.00833. The number of alkyl halides is 1. The molecule has 6 aliphatic rings. The molecule has 3 fully saturated rings. The first kappa shape index (κ1) is 123. The first-order valence-electron chi connectivity index (χ1n) is 48.8. The minimum atomic E-state index is -2.17. The van der Waals surface area contributed by atoms with E-state index >= 15 is 4.79 Å². The molecular formula is C99H158BrN7O33. The highest BCUT2D eigenvalue weighted by atomic mass is 79.9. The Kier molecular flexibility index (Phi) is 54.9. The van der Waals surface area contributed by atoms with Gasteiger partial charge in [-0.1, -0.05) is 93.9 Å². The van der Waals surface area contributed by atoms with Gasteiger partial charge in [-0.3, -0.25) is 48.2 Å². The fourth-order valence-electron chi connectivity index (χ4n) is 19.5. The first-order valence-corrected chi connectivity index (χ1v) is 49.9. The van der Waals surface area contributed by atoms with E-state index in [1.807, 2.05) is 34.7 Å². The van der Waals surface area contributed by atoms with Crippen molar-refractivity contribution in [3.63, 3.8) is 0 Å². The number of amides is 3. The Bertz CT molecular complexity index is 4320. The number of benzene rings is 2. The van der Waals surface area contributed by atoms with Crippen LogP contribution in [0.25, 0.3) is 10.9 Å². The van der Waals surface area contributed by atoms with Crippen molar-refractivity contribution < 1.29 is 160 Å². The third-order valence-corrected chi connectivity index (χ3v) is 27.3. The summed E-state index contributed by atoms with van der Waals surface area (Å²) in [5.74, 6) is -4.24. The Morgan fingerprint density at radius 1 is 0.607 bits per heavy atom. The normalized spacial score (nSPS) is 23.8. The number of ether oxygens (including phenoxy) is 13. The number of ketones is 1. The van der Waals surface area contributed by atoms with Crippen molar-refractivity contribution in [1.82, 2.24) is 30.7 Å². The lowest BCUT2D eigenvalue weighted by atomic mass is 9.47. The van der Waals surface area contributed by atoms with Gasteiger partial charge in [-0.05, 0) is 164 Å². The number of aromatic amines is 1. The SMILES string of the molecule is CCC(CO)OC(CO)OC.CCC(CO)OC(COC(=O)CCCC(=O)NC(C)C(=O)OCCCCC(=O)[C@]1(O)C2N(C)c3cc(C)c([C@@]4(C)CC5CN(CCc6c4[nH]c4ccccc64)CC(O)(CC)C5)cc3C23CCN2CC=C[C@](CC)(C23)[C@H]1O)OC.CCC(COC(=O)CCC(=O)NCCCOCCCNC(=O)CBr)OC(CO)OC.CCC(COC(=O)CCC(=O)O)OC(CO)OC.O=C=O. The summed E-state index contributed by atoms with van der Waals surface area (Å²) >= 11 is 3.07. The molecule has 794 valence electrons. The monoisotopic (exact) mass is 2050 g/mol. The van der Waals surface area contributed by atoms with Crippen molar-refractivity contribution in [3.05, 3.63) is 76.5 Å². The van der Waals surface area contributed by atoms with Crippen LogP contribution in [-0.2, 0) is 132 Å². The number of aliphatic carboxylic acids is 1. The number of aromatic nitrogens is 1. The van der Waals surface area contributed by atoms with E-state index in [2.05, 4.69) is 128 Å². The summed E-state index contributed by atoms with van der Waals surface area (Å²) in [6.45, 7) is 22.5. The molecule has 3 aromatic rings. The minimum Gasteiger partial charge on any atom is -0.481 e. The van der Waals surface area contributed by atoms with E-state index in [1.165, 1.54) is 57.6 Å². The molecule has 3 amide bonds. The van der Waals surface area contributed by atoms with Gasteiger partial charge in [0.15, 0.2) is 36.5 Å². The first-order chi connectivity index (χ1) is 66.9. The zero-order chi connectivity index (χ0) is 104. The van der Waals surface area contributed by atoms with Gasteiger partial charge in [-0.15, -0.1) is 0 Å². The van der Waals surface area contributed by atoms with E-state index in [4.69, 9.17) is 96.7 Å². The third-order valence-electron chi connectivity index (χ3n) is 26.8. The highest BCUT2D eigenvalue weighted by Gasteiger charge is 2.78. The Morgan fingerprint density at radius 2 is 1.16 bits per heavy atom. The Labute approximate surface area is 830 Å². The van der Waals surface area contributed by atoms with Crippen LogP contribution in [0.2, 0.25) is 0 Å². The number of likely N-dealkylation sites (N-methyl/N-ethyl adjacent to an activating group) is 1. The number of aliphatic hydroxyl groups excluding tert-OH is 6. The van der Waals surface area contributed by atoms with Crippen LogP contribution in [0.4, 0.5) is 5.69 Å². The number of fused-ring (bicyclic) bond motifs is 6. The number of para-hydroxylation sites is 1. The molecule has 140 heavy (non-hydrogen) atoms. The summed E-state index contributed by atoms with van der Waals surface area (Å²) in [5.41, 5.74) is 2.93. The van der Waals surface area contributed by atoms with E-state index in [-0.39, 0.29) is 159 Å². The number of hydrogen-bond acceptors (Lipinski definition) is 35. The van der Waals surface area contributed by atoms with Crippen LogP contribution in [0.3, 0.4) is 0 Å². The highest BCUT2D eigenvalue weighted by Crippen LogP contribution is 2.67. The van der Waals surface area contributed by atoms with E-state index in [1.54, 1.807) is 0 Å². The van der Waals surface area contributed by atoms with E-state index in [0.717, 1.165) is 67.6 Å². The predicted molar refractivity (Wildman–Crippen MR) is 515 cm³/mol. The Hall–Kier alpha value is -7.95. The number of aliphatic hydroxyl groups is 8. The molecule has 2 saturated heterocycles. The van der Waals surface area contributed by atoms with Gasteiger partial charge in [0.2, 0.25) is 17.7 Å². The molecule has 0 radical (unpaired) electrons. The van der Waals surface area contributed by atoms with Crippen LogP contribution >= 0.6 is 15.9 Å². The second-order valence-electron chi connectivity index (χ2n) is 36.3. The van der Waals surface area contributed by atoms with E-state index < -0.39 is 125 Å². The number of nitrogens with one attached hydrogen (secondary N) is 4. The summed E-state index contributed by atoms with van der Waals surface area (Å²) < 4.78 is 67.3. The van der Waals surface area contributed by atoms with Gasteiger partial charge >= 0.3 is 36.0 Å². The Balaban J connectivity index is 0.000000452. The number of hydrogen-bond donors (Lipinski definition) is 13. The zero-order valence-electron chi connectivity index (χ0n) is 84.2. The molecular weight excluding hydrogens is 1900 g/mol. The zero-order valence-corrected chi connectivity index (χ0v) is 85.7. The fraction of sp³-hybridized carbons (Fsp3) is 0.737. The summed E-state index contributed by atoms with van der Waals surface area (Å²) in [4.78, 5) is 136. The topological polar surface area (TPSA) is 551 Å². The van der Waals surface area contributed by atoms with Crippen LogP contribution in [0, 0.1) is 18.3 Å². The summed E-state index contributed by atoms with van der Waals surface area (Å²) in [7, 11) is 7.65. The van der Waals surface area contributed by atoms with Crippen LogP contribution in [0.1, 0.15) is 218 Å². The number of carboxylic acid groups (broad SMARTS) is 1. The molecule has 41 heteroatoms. The molecule has 1 aliphatic carbocycles. The van der Waals surface area contributed by atoms with Crippen molar-refractivity contribution in [2.24, 2.45) is 11.3 Å². The van der Waals surface area contributed by atoms with Crippen molar-refractivity contribution in [2.75, 3.05) is 164 Å². The smallest absolute Gasteiger partial charge is 0.373 e.